The maximum absolute atomic E-state index is 7.51. The molecule has 0 aromatic carbocycles. The van der Waals surface area contributed by atoms with Gasteiger partial charge in [-0.3, -0.25) is 4.98 Å². The van der Waals surface area contributed by atoms with Crippen molar-refractivity contribution in [1.82, 2.24) is 4.98 Å². The first kappa shape index (κ1) is 7.86. The van der Waals surface area contributed by atoms with Gasteiger partial charge in [-0.2, -0.15) is 5.26 Å². The van der Waals surface area contributed by atoms with Crippen molar-refractivity contribution in [3.8, 4) is 6.07 Å². The van der Waals surface area contributed by atoms with E-state index in [1.807, 2.05) is 5.38 Å². The number of allylic oxidation sites excluding steroid dienone is 1. The Morgan fingerprint density at radius 3 is 2.56 bits per heavy atom. The molecule has 2 nitrogen and oxygen atoms in total. The molecule has 0 atom stereocenters. The lowest BCUT2D eigenvalue weighted by Gasteiger charge is -1.41. The summed E-state index contributed by atoms with van der Waals surface area (Å²) in [6, 6.07) is 1.69. The van der Waals surface area contributed by atoms with E-state index < -0.39 is 0 Å². The number of thiazole rings is 1. The van der Waals surface area contributed by atoms with E-state index in [4.69, 9.17) is 5.26 Å². The predicted octanol–water partition coefficient (Wildman–Crippen LogP) is 1.84. The van der Waals surface area contributed by atoms with Crippen LogP contribution in [0.3, 0.4) is 0 Å². The van der Waals surface area contributed by atoms with Gasteiger partial charge in [0.05, 0.1) is 11.6 Å². The quantitative estimate of drug-likeness (QED) is 0.513. The third kappa shape index (κ3) is 6.86. The molecule has 1 aromatic heterocycles. The zero-order chi connectivity index (χ0) is 6.95. The lowest BCUT2D eigenvalue weighted by molar-refractivity contribution is 1.43. The summed E-state index contributed by atoms with van der Waals surface area (Å²) in [6.07, 6.45) is 2.95. The molecule has 0 bridgehead atoms. The third-order valence-electron chi connectivity index (χ3n) is 0.438. The first-order valence-corrected chi connectivity index (χ1v) is 3.18. The van der Waals surface area contributed by atoms with Crippen LogP contribution in [-0.4, -0.2) is 4.98 Å². The third-order valence-corrected chi connectivity index (χ3v) is 0.961. The summed E-state index contributed by atoms with van der Waals surface area (Å²) >= 11 is 1.60. The minimum absolute atomic E-state index is 1.18. The molecular weight excluding hydrogens is 132 g/mol. The second kappa shape index (κ2) is 6.86. The highest BCUT2D eigenvalue weighted by molar-refractivity contribution is 7.07. The molecular formula is C6H6N2S. The summed E-state index contributed by atoms with van der Waals surface area (Å²) in [4.78, 5) is 3.74. The fraction of sp³-hybridized carbons (Fsp3) is 0. The molecule has 0 aliphatic heterocycles. The molecule has 0 saturated carbocycles. The van der Waals surface area contributed by atoms with E-state index in [9.17, 15) is 0 Å². The molecule has 1 heterocycles. The van der Waals surface area contributed by atoms with Crippen molar-refractivity contribution in [3.63, 3.8) is 0 Å². The van der Waals surface area contributed by atoms with Crippen LogP contribution in [0.4, 0.5) is 0 Å². The van der Waals surface area contributed by atoms with Gasteiger partial charge in [-0.1, -0.05) is 6.58 Å². The monoisotopic (exact) mass is 138 g/mol. The van der Waals surface area contributed by atoms with E-state index in [1.165, 1.54) is 6.08 Å². The lowest BCUT2D eigenvalue weighted by atomic mass is 10.8. The highest BCUT2D eigenvalue weighted by atomic mass is 32.1. The summed E-state index contributed by atoms with van der Waals surface area (Å²) in [7, 11) is 0. The molecule has 0 unspecified atom stereocenters. The van der Waals surface area contributed by atoms with Gasteiger partial charge in [0.25, 0.3) is 0 Å². The van der Waals surface area contributed by atoms with Crippen molar-refractivity contribution in [3.05, 3.63) is 29.7 Å². The summed E-state index contributed by atoms with van der Waals surface area (Å²) in [5, 5.41) is 9.44. The smallest absolute Gasteiger partial charge is 0.0905 e. The largest absolute Gasteiger partial charge is 0.253 e. The van der Waals surface area contributed by atoms with E-state index in [2.05, 4.69) is 11.6 Å². The normalized spacial score (nSPS) is 6.11. The van der Waals surface area contributed by atoms with Crippen molar-refractivity contribution in [2.75, 3.05) is 0 Å². The number of aromatic nitrogens is 1. The van der Waals surface area contributed by atoms with Crippen molar-refractivity contribution >= 4 is 11.3 Å². The van der Waals surface area contributed by atoms with E-state index >= 15 is 0 Å². The van der Waals surface area contributed by atoms with Gasteiger partial charge < -0.3 is 0 Å². The summed E-state index contributed by atoms with van der Waals surface area (Å²) in [5.74, 6) is 0. The summed E-state index contributed by atoms with van der Waals surface area (Å²) < 4.78 is 0. The van der Waals surface area contributed by atoms with Crippen molar-refractivity contribution < 1.29 is 0 Å². The fourth-order valence-electron chi connectivity index (χ4n) is 0.176. The second-order valence-corrected chi connectivity index (χ2v) is 1.76. The molecule has 0 aliphatic carbocycles. The van der Waals surface area contributed by atoms with Crippen LogP contribution in [-0.2, 0) is 0 Å². The van der Waals surface area contributed by atoms with Crippen LogP contribution in [0.25, 0.3) is 0 Å². The molecule has 0 aliphatic rings. The van der Waals surface area contributed by atoms with Gasteiger partial charge in [0.15, 0.2) is 0 Å². The number of hydrogen-bond acceptors (Lipinski definition) is 3. The Hall–Kier alpha value is -1.14. The van der Waals surface area contributed by atoms with Crippen molar-refractivity contribution in [1.29, 1.82) is 5.26 Å². The number of nitrogens with zero attached hydrogens (tertiary/aromatic N) is 2. The second-order valence-electron chi connectivity index (χ2n) is 1.01. The van der Waals surface area contributed by atoms with E-state index in [1.54, 1.807) is 29.1 Å². The SMILES string of the molecule is C=CC#N.c1cscn1. The van der Waals surface area contributed by atoms with Gasteiger partial charge >= 0.3 is 0 Å². The molecule has 9 heavy (non-hydrogen) atoms. The average Bonchev–Trinajstić information content (AvgIpc) is 2.43. The van der Waals surface area contributed by atoms with Crippen molar-refractivity contribution in [2.45, 2.75) is 0 Å². The van der Waals surface area contributed by atoms with Crippen LogP contribution in [0.15, 0.2) is 29.7 Å². The molecule has 46 valence electrons. The standard InChI is InChI=1S/C3H3NS.C3H3N/c1-2-5-3-4-1;1-2-3-4/h1-3H;2H,1H2. The van der Waals surface area contributed by atoms with Crippen LogP contribution in [0, 0.1) is 11.3 Å². The molecule has 0 fully saturated rings. The van der Waals surface area contributed by atoms with Crippen LogP contribution < -0.4 is 0 Å². The maximum atomic E-state index is 7.51. The molecule has 0 radical (unpaired) electrons. The van der Waals surface area contributed by atoms with Crippen LogP contribution in [0.1, 0.15) is 0 Å². The summed E-state index contributed by atoms with van der Waals surface area (Å²) in [6.45, 7) is 3.12. The maximum Gasteiger partial charge on any atom is 0.0905 e. The minimum Gasteiger partial charge on any atom is -0.253 e. The van der Waals surface area contributed by atoms with E-state index in [0.29, 0.717) is 0 Å². The number of hydrogen-bond donors (Lipinski definition) is 0. The Balaban J connectivity index is 0.000000148. The van der Waals surface area contributed by atoms with Gasteiger partial charge in [-0.25, -0.2) is 0 Å². The van der Waals surface area contributed by atoms with Gasteiger partial charge in [-0.05, 0) is 0 Å². The molecule has 0 spiro atoms. The molecule has 0 N–H and O–H groups in total. The van der Waals surface area contributed by atoms with Gasteiger partial charge in [0.2, 0.25) is 0 Å². The summed E-state index contributed by atoms with van der Waals surface area (Å²) in [5.41, 5.74) is 1.79. The van der Waals surface area contributed by atoms with Crippen LogP contribution >= 0.6 is 11.3 Å². The zero-order valence-electron chi connectivity index (χ0n) is 4.82. The van der Waals surface area contributed by atoms with Gasteiger partial charge in [-0.15, -0.1) is 11.3 Å². The Morgan fingerprint density at radius 2 is 2.44 bits per heavy atom. The first-order chi connectivity index (χ1) is 4.41. The molecule has 0 saturated heterocycles. The molecule has 1 aromatic rings. The molecule has 1 rings (SSSR count). The number of rotatable bonds is 0. The van der Waals surface area contributed by atoms with E-state index in [-0.39, 0.29) is 0 Å². The Labute approximate surface area is 58.1 Å². The number of nitriles is 1. The minimum atomic E-state index is 1.18. The van der Waals surface area contributed by atoms with Crippen molar-refractivity contribution in [2.24, 2.45) is 0 Å². The first-order valence-electron chi connectivity index (χ1n) is 2.24. The van der Waals surface area contributed by atoms with E-state index in [0.717, 1.165) is 0 Å². The predicted molar refractivity (Wildman–Crippen MR) is 37.9 cm³/mol. The van der Waals surface area contributed by atoms with Crippen LogP contribution in [0.2, 0.25) is 0 Å². The average molecular weight is 138 g/mol. The van der Waals surface area contributed by atoms with Gasteiger partial charge in [0, 0.05) is 17.7 Å². The molecule has 3 heteroatoms. The Kier molecular flexibility index (Phi) is 5.99. The fourth-order valence-corrected chi connectivity index (χ4v) is 0.527. The van der Waals surface area contributed by atoms with Gasteiger partial charge in [0.1, 0.15) is 0 Å². The molecule has 0 amide bonds. The van der Waals surface area contributed by atoms with Crippen LogP contribution in [0.5, 0.6) is 0 Å². The topological polar surface area (TPSA) is 36.7 Å². The highest BCUT2D eigenvalue weighted by Crippen LogP contribution is 1.85. The lowest BCUT2D eigenvalue weighted by Crippen LogP contribution is -1.38. The Bertz CT molecular complexity index is 156. The zero-order valence-corrected chi connectivity index (χ0v) is 5.64. The Morgan fingerprint density at radius 1 is 1.78 bits per heavy atom. The highest BCUT2D eigenvalue weighted by Gasteiger charge is 1.59.